The van der Waals surface area contributed by atoms with Crippen molar-refractivity contribution in [3.05, 3.63) is 48.5 Å². The number of sulfone groups is 1. The van der Waals surface area contributed by atoms with Gasteiger partial charge in [0, 0.05) is 25.8 Å². The molecule has 0 unspecified atom stereocenters. The van der Waals surface area contributed by atoms with E-state index in [1.165, 1.54) is 12.3 Å². The third-order valence-electron chi connectivity index (χ3n) is 4.29. The molecule has 0 fully saturated rings. The zero-order valence-corrected chi connectivity index (χ0v) is 17.9. The van der Waals surface area contributed by atoms with E-state index in [1.807, 2.05) is 19.2 Å². The Labute approximate surface area is 172 Å². The summed E-state index contributed by atoms with van der Waals surface area (Å²) in [6.07, 6.45) is 2.30. The maximum atomic E-state index is 12.1. The molecule has 29 heavy (non-hydrogen) atoms. The van der Waals surface area contributed by atoms with Crippen molar-refractivity contribution >= 4 is 21.4 Å². The highest BCUT2D eigenvalue weighted by atomic mass is 32.2. The number of ether oxygens (including phenoxy) is 2. The SMILES string of the molecule is COc1ccccc1NC(=O)CCN(C)CCCOc1cccc(S(C)(=O)=O)c1. The molecule has 0 aliphatic carbocycles. The van der Waals surface area contributed by atoms with Gasteiger partial charge in [0.2, 0.25) is 5.91 Å². The molecule has 0 aromatic heterocycles. The molecule has 0 atom stereocenters. The van der Waals surface area contributed by atoms with Gasteiger partial charge < -0.3 is 19.7 Å². The summed E-state index contributed by atoms with van der Waals surface area (Å²) < 4.78 is 34.0. The Morgan fingerprint density at radius 1 is 1.10 bits per heavy atom. The third-order valence-corrected chi connectivity index (χ3v) is 5.40. The Morgan fingerprint density at radius 3 is 2.59 bits per heavy atom. The van der Waals surface area contributed by atoms with Crippen molar-refractivity contribution in [1.82, 2.24) is 4.90 Å². The van der Waals surface area contributed by atoms with E-state index < -0.39 is 9.84 Å². The lowest BCUT2D eigenvalue weighted by Gasteiger charge is -2.17. The van der Waals surface area contributed by atoms with Crippen LogP contribution in [0.15, 0.2) is 53.4 Å². The van der Waals surface area contributed by atoms with Gasteiger partial charge >= 0.3 is 0 Å². The molecule has 0 radical (unpaired) electrons. The van der Waals surface area contributed by atoms with E-state index in [0.29, 0.717) is 36.8 Å². The number of rotatable bonds is 11. The lowest BCUT2D eigenvalue weighted by Crippen LogP contribution is -2.26. The second kappa shape index (κ2) is 10.8. The molecule has 0 saturated heterocycles. The highest BCUT2D eigenvalue weighted by Gasteiger charge is 2.09. The Kier molecular flexibility index (Phi) is 8.48. The lowest BCUT2D eigenvalue weighted by molar-refractivity contribution is -0.116. The van der Waals surface area contributed by atoms with E-state index in [2.05, 4.69) is 10.2 Å². The minimum atomic E-state index is -3.25. The normalized spacial score (nSPS) is 11.3. The topological polar surface area (TPSA) is 84.9 Å². The first-order valence-electron chi connectivity index (χ1n) is 9.34. The van der Waals surface area contributed by atoms with Crippen LogP contribution in [0.25, 0.3) is 0 Å². The maximum absolute atomic E-state index is 12.1. The number of hydrogen-bond acceptors (Lipinski definition) is 6. The van der Waals surface area contributed by atoms with Gasteiger partial charge in [-0.15, -0.1) is 0 Å². The fourth-order valence-corrected chi connectivity index (χ4v) is 3.34. The van der Waals surface area contributed by atoms with Crippen LogP contribution in [0, 0.1) is 0 Å². The molecule has 0 bridgehead atoms. The Hall–Kier alpha value is -2.58. The van der Waals surface area contributed by atoms with Gasteiger partial charge in [-0.25, -0.2) is 8.42 Å². The Balaban J connectivity index is 1.68. The predicted octanol–water partition coefficient (Wildman–Crippen LogP) is 2.83. The predicted molar refractivity (Wildman–Crippen MR) is 113 cm³/mol. The molecule has 1 N–H and O–H groups in total. The fourth-order valence-electron chi connectivity index (χ4n) is 2.68. The van der Waals surface area contributed by atoms with Gasteiger partial charge in [-0.2, -0.15) is 0 Å². The van der Waals surface area contributed by atoms with Gasteiger partial charge in [-0.3, -0.25) is 4.79 Å². The van der Waals surface area contributed by atoms with Crippen molar-refractivity contribution in [2.45, 2.75) is 17.7 Å². The van der Waals surface area contributed by atoms with Crippen LogP contribution in [0.5, 0.6) is 11.5 Å². The molecule has 1 amide bonds. The van der Waals surface area contributed by atoms with Crippen molar-refractivity contribution in [1.29, 1.82) is 0 Å². The summed E-state index contributed by atoms with van der Waals surface area (Å²) in [5.41, 5.74) is 0.660. The molecule has 0 aliphatic rings. The van der Waals surface area contributed by atoms with Gasteiger partial charge in [0.1, 0.15) is 11.5 Å². The second-order valence-corrected chi connectivity index (χ2v) is 8.77. The maximum Gasteiger partial charge on any atom is 0.225 e. The van der Waals surface area contributed by atoms with Crippen LogP contribution in [-0.4, -0.2) is 59.3 Å². The number of anilines is 1. The molecule has 8 heteroatoms. The molecular weight excluding hydrogens is 392 g/mol. The fraction of sp³-hybridized carbons (Fsp3) is 0.381. The van der Waals surface area contributed by atoms with E-state index in [4.69, 9.17) is 9.47 Å². The molecule has 0 saturated carbocycles. The van der Waals surface area contributed by atoms with Gasteiger partial charge in [0.25, 0.3) is 0 Å². The average molecular weight is 421 g/mol. The summed E-state index contributed by atoms with van der Waals surface area (Å²) in [5, 5.41) is 2.86. The van der Waals surface area contributed by atoms with Crippen molar-refractivity contribution in [3.63, 3.8) is 0 Å². The van der Waals surface area contributed by atoms with Gasteiger partial charge in [-0.1, -0.05) is 18.2 Å². The van der Waals surface area contributed by atoms with E-state index in [-0.39, 0.29) is 10.8 Å². The number of hydrogen-bond donors (Lipinski definition) is 1. The highest BCUT2D eigenvalue weighted by molar-refractivity contribution is 7.90. The van der Waals surface area contributed by atoms with Crippen LogP contribution >= 0.6 is 0 Å². The summed E-state index contributed by atoms with van der Waals surface area (Å²) in [7, 11) is 0.267. The molecule has 2 rings (SSSR count). The number of nitrogens with one attached hydrogen (secondary N) is 1. The quantitative estimate of drug-likeness (QED) is 0.563. The lowest BCUT2D eigenvalue weighted by atomic mass is 10.2. The molecule has 2 aromatic rings. The number of para-hydroxylation sites is 2. The third kappa shape index (κ3) is 7.75. The zero-order valence-electron chi connectivity index (χ0n) is 17.1. The number of carbonyl (C=O) groups is 1. The first kappa shape index (κ1) is 22.7. The van der Waals surface area contributed by atoms with E-state index in [9.17, 15) is 13.2 Å². The van der Waals surface area contributed by atoms with Crippen molar-refractivity contribution in [2.24, 2.45) is 0 Å². The molecule has 0 spiro atoms. The number of amides is 1. The summed E-state index contributed by atoms with van der Waals surface area (Å²) in [6.45, 7) is 1.84. The minimum absolute atomic E-state index is 0.0739. The van der Waals surface area contributed by atoms with Gasteiger partial charge in [0.05, 0.1) is 24.3 Å². The van der Waals surface area contributed by atoms with Gasteiger partial charge in [-0.05, 0) is 43.8 Å². The van der Waals surface area contributed by atoms with E-state index in [0.717, 1.165) is 13.0 Å². The Morgan fingerprint density at radius 2 is 1.86 bits per heavy atom. The van der Waals surface area contributed by atoms with E-state index >= 15 is 0 Å². The zero-order chi connectivity index (χ0) is 21.3. The molecule has 7 nitrogen and oxygen atoms in total. The van der Waals surface area contributed by atoms with Crippen LogP contribution < -0.4 is 14.8 Å². The standard InChI is InChI=1S/C21H28N2O5S/c1-23(14-12-21(24)22-19-10-4-5-11-20(19)27-2)13-7-15-28-17-8-6-9-18(16-17)29(3,25)26/h4-6,8-11,16H,7,12-15H2,1-3H3,(H,22,24). The van der Waals surface area contributed by atoms with Crippen molar-refractivity contribution < 1.29 is 22.7 Å². The molecule has 2 aromatic carbocycles. The molecular formula is C21H28N2O5S. The summed E-state index contributed by atoms with van der Waals surface area (Å²) >= 11 is 0. The summed E-state index contributed by atoms with van der Waals surface area (Å²) in [6, 6.07) is 13.8. The largest absolute Gasteiger partial charge is 0.495 e. The highest BCUT2D eigenvalue weighted by Crippen LogP contribution is 2.23. The Bertz CT molecular complexity index is 915. The number of carbonyl (C=O) groups excluding carboxylic acids is 1. The van der Waals surface area contributed by atoms with Crippen molar-refractivity contribution in [3.8, 4) is 11.5 Å². The van der Waals surface area contributed by atoms with Crippen LogP contribution in [0.4, 0.5) is 5.69 Å². The monoisotopic (exact) mass is 420 g/mol. The summed E-state index contributed by atoms with van der Waals surface area (Å²) in [5.74, 6) is 1.09. The molecule has 0 aliphatic heterocycles. The minimum Gasteiger partial charge on any atom is -0.495 e. The molecule has 158 valence electrons. The first-order valence-corrected chi connectivity index (χ1v) is 11.2. The van der Waals surface area contributed by atoms with Gasteiger partial charge in [0.15, 0.2) is 9.84 Å². The van der Waals surface area contributed by atoms with Crippen LogP contribution in [0.3, 0.4) is 0 Å². The van der Waals surface area contributed by atoms with Crippen LogP contribution in [-0.2, 0) is 14.6 Å². The number of methoxy groups -OCH3 is 1. The van der Waals surface area contributed by atoms with E-state index in [1.54, 1.807) is 37.4 Å². The van der Waals surface area contributed by atoms with Crippen LogP contribution in [0.2, 0.25) is 0 Å². The van der Waals surface area contributed by atoms with Crippen molar-refractivity contribution in [2.75, 3.05) is 45.4 Å². The first-order chi connectivity index (χ1) is 13.8. The smallest absolute Gasteiger partial charge is 0.225 e. The van der Waals surface area contributed by atoms with Crippen LogP contribution in [0.1, 0.15) is 12.8 Å². The average Bonchev–Trinajstić information content (AvgIpc) is 2.69. The second-order valence-electron chi connectivity index (χ2n) is 6.75. The summed E-state index contributed by atoms with van der Waals surface area (Å²) in [4.78, 5) is 14.4. The number of benzene rings is 2. The number of nitrogens with zero attached hydrogens (tertiary/aromatic N) is 1. The molecule has 0 heterocycles.